The molecule has 1 saturated carbocycles. The third-order valence-electron chi connectivity index (χ3n) is 4.05. The van der Waals surface area contributed by atoms with Gasteiger partial charge in [0.1, 0.15) is 0 Å². The second-order valence-electron chi connectivity index (χ2n) is 5.80. The number of nitrogens with one attached hydrogen (secondary N) is 1. The Labute approximate surface area is 125 Å². The van der Waals surface area contributed by atoms with Crippen LogP contribution in [0.3, 0.4) is 0 Å². The van der Waals surface area contributed by atoms with Gasteiger partial charge < -0.3 is 5.73 Å². The van der Waals surface area contributed by atoms with E-state index in [4.69, 9.17) is 17.3 Å². The van der Waals surface area contributed by atoms with Crippen molar-refractivity contribution < 1.29 is 8.42 Å². The number of sulfonamides is 1. The average molecular weight is 317 g/mol. The smallest absolute Gasteiger partial charge is 0.240 e. The van der Waals surface area contributed by atoms with Crippen molar-refractivity contribution in [2.24, 2.45) is 11.1 Å². The fourth-order valence-corrected chi connectivity index (χ4v) is 4.17. The molecular weight excluding hydrogens is 296 g/mol. The lowest BCUT2D eigenvalue weighted by Gasteiger charge is -2.23. The molecule has 1 aromatic carbocycles. The van der Waals surface area contributed by atoms with Gasteiger partial charge in [0.15, 0.2) is 0 Å². The predicted molar refractivity (Wildman–Crippen MR) is 81.1 cm³/mol. The molecule has 0 saturated heterocycles. The van der Waals surface area contributed by atoms with Gasteiger partial charge in [0.25, 0.3) is 0 Å². The largest absolute Gasteiger partial charge is 0.326 e. The maximum absolute atomic E-state index is 12.3. The Balaban J connectivity index is 2.12. The first-order valence-corrected chi connectivity index (χ1v) is 8.71. The van der Waals surface area contributed by atoms with Crippen LogP contribution in [-0.4, -0.2) is 15.0 Å². The number of benzene rings is 1. The number of hydrogen-bond donors (Lipinski definition) is 2. The molecule has 2 rings (SSSR count). The van der Waals surface area contributed by atoms with E-state index in [1.165, 1.54) is 18.9 Å². The van der Waals surface area contributed by atoms with E-state index >= 15 is 0 Å². The highest BCUT2D eigenvalue weighted by Crippen LogP contribution is 2.37. The summed E-state index contributed by atoms with van der Waals surface area (Å²) in [5.41, 5.74) is 6.34. The van der Waals surface area contributed by atoms with Gasteiger partial charge in [0.05, 0.1) is 4.90 Å². The Morgan fingerprint density at radius 1 is 1.35 bits per heavy atom. The summed E-state index contributed by atoms with van der Waals surface area (Å²) in [5.74, 6) is 0. The van der Waals surface area contributed by atoms with Crippen LogP contribution in [0.25, 0.3) is 0 Å². The number of nitrogens with two attached hydrogens (primary N) is 1. The molecule has 0 heterocycles. The molecule has 0 spiro atoms. The summed E-state index contributed by atoms with van der Waals surface area (Å²) >= 11 is 6.02. The van der Waals surface area contributed by atoms with Gasteiger partial charge in [0, 0.05) is 18.1 Å². The van der Waals surface area contributed by atoms with Crippen LogP contribution < -0.4 is 10.5 Å². The van der Waals surface area contributed by atoms with Gasteiger partial charge in [-0.25, -0.2) is 13.1 Å². The average Bonchev–Trinajstić information content (AvgIpc) is 2.84. The monoisotopic (exact) mass is 316 g/mol. The van der Waals surface area contributed by atoms with Gasteiger partial charge in [0.2, 0.25) is 10.0 Å². The Bertz CT molecular complexity index is 581. The van der Waals surface area contributed by atoms with Gasteiger partial charge in [-0.2, -0.15) is 0 Å². The van der Waals surface area contributed by atoms with E-state index in [1.54, 1.807) is 12.1 Å². The number of halogens is 1. The topological polar surface area (TPSA) is 72.2 Å². The van der Waals surface area contributed by atoms with Gasteiger partial charge in [-0.3, -0.25) is 0 Å². The lowest BCUT2D eigenvalue weighted by atomic mass is 9.89. The summed E-state index contributed by atoms with van der Waals surface area (Å²) in [6, 6.07) is 4.67. The number of rotatable bonds is 5. The van der Waals surface area contributed by atoms with E-state index in [-0.39, 0.29) is 10.3 Å². The molecule has 6 heteroatoms. The fourth-order valence-electron chi connectivity index (χ4n) is 2.62. The molecule has 1 aliphatic carbocycles. The van der Waals surface area contributed by atoms with Crippen LogP contribution in [0.15, 0.2) is 23.1 Å². The van der Waals surface area contributed by atoms with Crippen molar-refractivity contribution in [3.63, 3.8) is 0 Å². The van der Waals surface area contributed by atoms with E-state index in [1.807, 2.05) is 0 Å². The molecule has 0 atom stereocenters. The minimum atomic E-state index is -3.51. The molecule has 1 aliphatic rings. The minimum Gasteiger partial charge on any atom is -0.326 e. The molecule has 0 aromatic heterocycles. The van der Waals surface area contributed by atoms with E-state index in [0.29, 0.717) is 18.1 Å². The van der Waals surface area contributed by atoms with Crippen molar-refractivity contribution in [2.45, 2.75) is 44.0 Å². The SMILES string of the molecule is CC1(CNS(=O)(=O)c2ccc(CN)c(Cl)c2)CCCC1. The quantitative estimate of drug-likeness (QED) is 0.877. The van der Waals surface area contributed by atoms with Crippen LogP contribution in [0.5, 0.6) is 0 Å². The maximum Gasteiger partial charge on any atom is 0.240 e. The van der Waals surface area contributed by atoms with Gasteiger partial charge in [-0.1, -0.05) is 37.4 Å². The van der Waals surface area contributed by atoms with Crippen LogP contribution >= 0.6 is 11.6 Å². The van der Waals surface area contributed by atoms with Crippen molar-refractivity contribution >= 4 is 21.6 Å². The molecule has 4 nitrogen and oxygen atoms in total. The maximum atomic E-state index is 12.3. The lowest BCUT2D eigenvalue weighted by molar-refractivity contribution is 0.336. The Morgan fingerprint density at radius 2 is 2.00 bits per heavy atom. The number of hydrogen-bond acceptors (Lipinski definition) is 3. The Hall–Kier alpha value is -0.620. The highest BCUT2D eigenvalue weighted by molar-refractivity contribution is 7.89. The van der Waals surface area contributed by atoms with Gasteiger partial charge >= 0.3 is 0 Å². The summed E-state index contributed by atoms with van der Waals surface area (Å²) in [6.45, 7) is 2.91. The Morgan fingerprint density at radius 3 is 2.55 bits per heavy atom. The summed E-state index contributed by atoms with van der Waals surface area (Å²) in [5, 5.41) is 0.391. The molecule has 3 N–H and O–H groups in total. The first-order chi connectivity index (χ1) is 9.36. The molecule has 0 aliphatic heterocycles. The van der Waals surface area contributed by atoms with Crippen molar-refractivity contribution in [1.29, 1.82) is 0 Å². The van der Waals surface area contributed by atoms with E-state index < -0.39 is 10.0 Å². The minimum absolute atomic E-state index is 0.0774. The highest BCUT2D eigenvalue weighted by Gasteiger charge is 2.30. The molecule has 0 amide bonds. The second-order valence-corrected chi connectivity index (χ2v) is 7.97. The fraction of sp³-hybridized carbons (Fsp3) is 0.571. The van der Waals surface area contributed by atoms with Crippen LogP contribution in [0.2, 0.25) is 5.02 Å². The standard InChI is InChI=1S/C14H21ClN2O2S/c1-14(6-2-3-7-14)10-17-20(18,19)12-5-4-11(9-16)13(15)8-12/h4-5,8,17H,2-3,6-7,9-10,16H2,1H3. The molecular formula is C14H21ClN2O2S. The van der Waals surface area contributed by atoms with Crippen LogP contribution in [0.4, 0.5) is 0 Å². The third-order valence-corrected chi connectivity index (χ3v) is 5.81. The van der Waals surface area contributed by atoms with Crippen LogP contribution in [0.1, 0.15) is 38.2 Å². The predicted octanol–water partition coefficient (Wildman–Crippen LogP) is 2.66. The normalized spacial score (nSPS) is 18.4. The highest BCUT2D eigenvalue weighted by atomic mass is 35.5. The molecule has 112 valence electrons. The van der Waals surface area contributed by atoms with Gasteiger partial charge in [-0.15, -0.1) is 0 Å². The second kappa shape index (κ2) is 6.02. The summed E-state index contributed by atoms with van der Waals surface area (Å²) in [7, 11) is -3.51. The first kappa shape index (κ1) is 15.8. The summed E-state index contributed by atoms with van der Waals surface area (Å²) in [6.07, 6.45) is 4.50. The van der Waals surface area contributed by atoms with E-state index in [0.717, 1.165) is 18.4 Å². The molecule has 0 unspecified atom stereocenters. The third kappa shape index (κ3) is 3.52. The molecule has 1 aromatic rings. The van der Waals surface area contributed by atoms with Crippen molar-refractivity contribution in [2.75, 3.05) is 6.54 Å². The first-order valence-electron chi connectivity index (χ1n) is 6.84. The summed E-state index contributed by atoms with van der Waals surface area (Å²) < 4.78 is 27.3. The zero-order valence-electron chi connectivity index (χ0n) is 11.7. The van der Waals surface area contributed by atoms with Crippen LogP contribution in [-0.2, 0) is 16.6 Å². The zero-order valence-corrected chi connectivity index (χ0v) is 13.2. The summed E-state index contributed by atoms with van der Waals surface area (Å²) in [4.78, 5) is 0.196. The molecule has 20 heavy (non-hydrogen) atoms. The molecule has 0 radical (unpaired) electrons. The zero-order chi connectivity index (χ0) is 14.8. The Kier molecular flexibility index (Phi) is 4.74. The van der Waals surface area contributed by atoms with E-state index in [9.17, 15) is 8.42 Å². The van der Waals surface area contributed by atoms with E-state index in [2.05, 4.69) is 11.6 Å². The van der Waals surface area contributed by atoms with Crippen LogP contribution in [0, 0.1) is 5.41 Å². The molecule has 0 bridgehead atoms. The van der Waals surface area contributed by atoms with Crippen molar-refractivity contribution in [3.05, 3.63) is 28.8 Å². The van der Waals surface area contributed by atoms with Crippen molar-refractivity contribution in [3.8, 4) is 0 Å². The van der Waals surface area contributed by atoms with Gasteiger partial charge in [-0.05, 0) is 36.0 Å². The lowest BCUT2D eigenvalue weighted by Crippen LogP contribution is -2.34. The van der Waals surface area contributed by atoms with Crippen molar-refractivity contribution in [1.82, 2.24) is 4.72 Å². The molecule has 1 fully saturated rings.